The Bertz CT molecular complexity index is 324. The Balaban J connectivity index is 0.00000112. The average Bonchev–Trinajstić information content (AvgIpc) is 2.67. The third-order valence-corrected chi connectivity index (χ3v) is 3.33. The largest absolute Gasteiger partial charge is 0.360 e. The van der Waals surface area contributed by atoms with E-state index in [9.17, 15) is 0 Å². The van der Waals surface area contributed by atoms with Crippen LogP contribution in [0.4, 0.5) is 0 Å². The fourth-order valence-electron chi connectivity index (χ4n) is 1.64. The monoisotopic (exact) mass is 241 g/mol. The van der Waals surface area contributed by atoms with Crippen molar-refractivity contribution in [2.75, 3.05) is 5.88 Å². The van der Waals surface area contributed by atoms with Crippen molar-refractivity contribution >= 4 is 24.2 Å². The standard InChI is InChI=1S/C12H15NS.ClH/c1-2-12-9-14-10-13(12)8-11-6-4-3-5-7-11;/h3-7,9H,2,8,10H2,1H3;1H. The van der Waals surface area contributed by atoms with Crippen LogP contribution in [0, 0.1) is 0 Å². The van der Waals surface area contributed by atoms with Crippen LogP contribution in [0.1, 0.15) is 18.9 Å². The summed E-state index contributed by atoms with van der Waals surface area (Å²) in [7, 11) is 0. The van der Waals surface area contributed by atoms with Crippen molar-refractivity contribution in [1.82, 2.24) is 4.90 Å². The van der Waals surface area contributed by atoms with E-state index in [0.29, 0.717) is 0 Å². The summed E-state index contributed by atoms with van der Waals surface area (Å²) in [6.07, 6.45) is 1.14. The number of thioether (sulfide) groups is 1. The number of hydrogen-bond acceptors (Lipinski definition) is 2. The molecule has 1 aromatic carbocycles. The highest BCUT2D eigenvalue weighted by molar-refractivity contribution is 8.02. The minimum absolute atomic E-state index is 0. The number of hydrogen-bond donors (Lipinski definition) is 0. The zero-order valence-electron chi connectivity index (χ0n) is 8.85. The van der Waals surface area contributed by atoms with Crippen LogP contribution >= 0.6 is 24.2 Å². The van der Waals surface area contributed by atoms with Gasteiger partial charge in [0.25, 0.3) is 0 Å². The van der Waals surface area contributed by atoms with E-state index in [4.69, 9.17) is 0 Å². The van der Waals surface area contributed by atoms with Crippen LogP contribution in [0.3, 0.4) is 0 Å². The van der Waals surface area contributed by atoms with E-state index in [-0.39, 0.29) is 12.4 Å². The third-order valence-electron chi connectivity index (χ3n) is 2.43. The Morgan fingerprint density at radius 1 is 1.27 bits per heavy atom. The summed E-state index contributed by atoms with van der Waals surface area (Å²) in [4.78, 5) is 2.44. The Morgan fingerprint density at radius 2 is 2.00 bits per heavy atom. The molecule has 0 fully saturated rings. The maximum atomic E-state index is 2.44. The molecule has 1 nitrogen and oxygen atoms in total. The van der Waals surface area contributed by atoms with Crippen molar-refractivity contribution in [3.63, 3.8) is 0 Å². The third kappa shape index (κ3) is 3.18. The predicted octanol–water partition coefficient (Wildman–Crippen LogP) is 3.87. The highest BCUT2D eigenvalue weighted by atomic mass is 35.5. The molecule has 1 heterocycles. The minimum atomic E-state index is 0. The number of allylic oxidation sites excluding steroid dienone is 1. The van der Waals surface area contributed by atoms with Gasteiger partial charge in [-0.25, -0.2) is 0 Å². The van der Waals surface area contributed by atoms with E-state index >= 15 is 0 Å². The highest BCUT2D eigenvalue weighted by Gasteiger charge is 2.13. The van der Waals surface area contributed by atoms with Crippen LogP contribution in [0.25, 0.3) is 0 Å². The van der Waals surface area contributed by atoms with E-state index < -0.39 is 0 Å². The van der Waals surface area contributed by atoms with Gasteiger partial charge in [0, 0.05) is 12.2 Å². The SMILES string of the molecule is CCC1=CSCN1Cc1ccccc1.Cl. The van der Waals surface area contributed by atoms with Gasteiger partial charge in [0.15, 0.2) is 0 Å². The minimum Gasteiger partial charge on any atom is -0.360 e. The first-order valence-electron chi connectivity index (χ1n) is 4.99. The molecule has 2 rings (SSSR count). The molecule has 1 aliphatic rings. The lowest BCUT2D eigenvalue weighted by Crippen LogP contribution is -2.17. The van der Waals surface area contributed by atoms with Gasteiger partial charge in [-0.1, -0.05) is 37.3 Å². The maximum absolute atomic E-state index is 2.44. The van der Waals surface area contributed by atoms with Gasteiger partial charge < -0.3 is 4.90 Å². The zero-order chi connectivity index (χ0) is 9.80. The predicted molar refractivity (Wildman–Crippen MR) is 70.1 cm³/mol. The van der Waals surface area contributed by atoms with E-state index in [1.165, 1.54) is 11.3 Å². The van der Waals surface area contributed by atoms with Crippen molar-refractivity contribution in [1.29, 1.82) is 0 Å². The Morgan fingerprint density at radius 3 is 2.67 bits per heavy atom. The molecule has 0 amide bonds. The van der Waals surface area contributed by atoms with Crippen LogP contribution < -0.4 is 0 Å². The first-order chi connectivity index (χ1) is 6.90. The van der Waals surface area contributed by atoms with Gasteiger partial charge in [-0.15, -0.1) is 24.2 Å². The van der Waals surface area contributed by atoms with Crippen LogP contribution in [0.5, 0.6) is 0 Å². The maximum Gasteiger partial charge on any atom is 0.0681 e. The number of benzene rings is 1. The van der Waals surface area contributed by atoms with Gasteiger partial charge in [0.2, 0.25) is 0 Å². The van der Waals surface area contributed by atoms with E-state index in [1.54, 1.807) is 0 Å². The first kappa shape index (κ1) is 12.5. The van der Waals surface area contributed by atoms with Gasteiger partial charge in [-0.3, -0.25) is 0 Å². The van der Waals surface area contributed by atoms with E-state index in [0.717, 1.165) is 18.8 Å². The Labute approximate surface area is 102 Å². The summed E-state index contributed by atoms with van der Waals surface area (Å²) in [5.41, 5.74) is 2.87. The molecule has 82 valence electrons. The van der Waals surface area contributed by atoms with Gasteiger partial charge >= 0.3 is 0 Å². The molecule has 3 heteroatoms. The first-order valence-corrected chi connectivity index (χ1v) is 6.04. The second kappa shape index (κ2) is 6.09. The lowest BCUT2D eigenvalue weighted by Gasteiger charge is -2.20. The van der Waals surface area contributed by atoms with Gasteiger partial charge in [-0.2, -0.15) is 0 Å². The molecule has 0 N–H and O–H groups in total. The molecule has 0 atom stereocenters. The molecular formula is C12H16ClNS. The number of rotatable bonds is 3. The molecular weight excluding hydrogens is 226 g/mol. The van der Waals surface area contributed by atoms with Crippen molar-refractivity contribution in [3.05, 3.63) is 47.0 Å². The number of nitrogens with zero attached hydrogens (tertiary/aromatic N) is 1. The van der Waals surface area contributed by atoms with Crippen LogP contribution in [-0.2, 0) is 6.54 Å². The highest BCUT2D eigenvalue weighted by Crippen LogP contribution is 2.26. The second-order valence-electron chi connectivity index (χ2n) is 3.44. The summed E-state index contributed by atoms with van der Waals surface area (Å²) in [5.74, 6) is 1.11. The van der Waals surface area contributed by atoms with E-state index in [2.05, 4.69) is 47.6 Å². The quantitative estimate of drug-likeness (QED) is 0.791. The lowest BCUT2D eigenvalue weighted by atomic mass is 10.2. The van der Waals surface area contributed by atoms with Gasteiger partial charge in [0.1, 0.15) is 0 Å². The summed E-state index contributed by atoms with van der Waals surface area (Å²) in [6.45, 7) is 3.27. The molecule has 0 unspecified atom stereocenters. The van der Waals surface area contributed by atoms with Crippen molar-refractivity contribution < 1.29 is 0 Å². The molecule has 0 saturated heterocycles. The van der Waals surface area contributed by atoms with Crippen molar-refractivity contribution in [3.8, 4) is 0 Å². The summed E-state index contributed by atoms with van der Waals surface area (Å²) >= 11 is 1.90. The molecule has 1 aliphatic heterocycles. The van der Waals surface area contributed by atoms with Crippen molar-refractivity contribution in [2.24, 2.45) is 0 Å². The molecule has 0 aromatic heterocycles. The van der Waals surface area contributed by atoms with Crippen molar-refractivity contribution in [2.45, 2.75) is 19.9 Å². The summed E-state index contributed by atoms with van der Waals surface area (Å²) in [6, 6.07) is 10.7. The molecule has 0 aliphatic carbocycles. The zero-order valence-corrected chi connectivity index (χ0v) is 10.5. The molecule has 0 bridgehead atoms. The van der Waals surface area contributed by atoms with Crippen LogP contribution in [0.2, 0.25) is 0 Å². The molecule has 0 saturated carbocycles. The molecule has 0 spiro atoms. The summed E-state index contributed by atoms with van der Waals surface area (Å²) < 4.78 is 0. The average molecular weight is 242 g/mol. The molecule has 0 radical (unpaired) electrons. The normalized spacial score (nSPS) is 14.7. The van der Waals surface area contributed by atoms with E-state index in [1.807, 2.05) is 11.8 Å². The lowest BCUT2D eigenvalue weighted by molar-refractivity contribution is 0.392. The Kier molecular flexibility index (Phi) is 5.06. The summed E-state index contributed by atoms with van der Waals surface area (Å²) in [5, 5.41) is 2.28. The Hall–Kier alpha value is -0.600. The second-order valence-corrected chi connectivity index (χ2v) is 4.27. The van der Waals surface area contributed by atoms with Gasteiger partial charge in [0.05, 0.1) is 5.88 Å². The molecule has 15 heavy (non-hydrogen) atoms. The number of halogens is 1. The fraction of sp³-hybridized carbons (Fsp3) is 0.333. The molecule has 1 aromatic rings. The smallest absolute Gasteiger partial charge is 0.0681 e. The van der Waals surface area contributed by atoms with Crippen LogP contribution in [0.15, 0.2) is 41.4 Å². The van der Waals surface area contributed by atoms with Crippen LogP contribution in [-0.4, -0.2) is 10.8 Å². The van der Waals surface area contributed by atoms with Gasteiger partial charge in [-0.05, 0) is 17.4 Å². The topological polar surface area (TPSA) is 3.24 Å². The fourth-order valence-corrected chi connectivity index (χ4v) is 2.66.